The molecule has 24 heavy (non-hydrogen) atoms. The topological polar surface area (TPSA) is 54.3 Å². The van der Waals surface area contributed by atoms with Crippen LogP contribution >= 0.6 is 0 Å². The Bertz CT molecular complexity index is 881. The fourth-order valence-corrected chi connectivity index (χ4v) is 3.37. The first-order chi connectivity index (χ1) is 11.6. The van der Waals surface area contributed by atoms with Gasteiger partial charge in [0.25, 0.3) is 5.91 Å². The second-order valence-corrected chi connectivity index (χ2v) is 6.03. The zero-order valence-electron chi connectivity index (χ0n) is 13.6. The standard InChI is InChI=1S/C20H18N2O2/c1-12-11-18(13(2)24-12)20(23)22-21-19-16-9-5-3-7-14(16)15-8-4-6-10-17(15)19/h3-11,19,21H,1-2H3,(H,22,23). The minimum atomic E-state index is -0.189. The van der Waals surface area contributed by atoms with E-state index in [4.69, 9.17) is 4.42 Å². The molecule has 0 radical (unpaired) electrons. The van der Waals surface area contributed by atoms with Crippen LogP contribution in [0.1, 0.15) is 39.0 Å². The molecular weight excluding hydrogens is 300 g/mol. The van der Waals surface area contributed by atoms with E-state index < -0.39 is 0 Å². The number of carbonyl (C=O) groups excluding carboxylic acids is 1. The van der Waals surface area contributed by atoms with Gasteiger partial charge in [0.15, 0.2) is 0 Å². The van der Waals surface area contributed by atoms with E-state index in [1.807, 2.05) is 31.2 Å². The molecule has 0 saturated heterocycles. The van der Waals surface area contributed by atoms with Crippen molar-refractivity contribution in [1.29, 1.82) is 0 Å². The highest BCUT2D eigenvalue weighted by atomic mass is 16.3. The SMILES string of the molecule is Cc1cc(C(=O)NNC2c3ccccc3-c3ccccc32)c(C)o1. The molecule has 4 nitrogen and oxygen atoms in total. The number of furan rings is 1. The fraction of sp³-hybridized carbons (Fsp3) is 0.150. The summed E-state index contributed by atoms with van der Waals surface area (Å²) in [5.74, 6) is 1.17. The Kier molecular flexibility index (Phi) is 3.47. The van der Waals surface area contributed by atoms with Gasteiger partial charge in [-0.05, 0) is 42.2 Å². The predicted molar refractivity (Wildman–Crippen MR) is 92.5 cm³/mol. The first kappa shape index (κ1) is 14.7. The molecule has 0 spiro atoms. The van der Waals surface area contributed by atoms with Crippen molar-refractivity contribution in [3.8, 4) is 11.1 Å². The van der Waals surface area contributed by atoms with Crippen LogP contribution in [-0.2, 0) is 0 Å². The molecule has 0 aliphatic heterocycles. The molecule has 0 unspecified atom stereocenters. The maximum Gasteiger partial charge on any atom is 0.268 e. The molecule has 0 fully saturated rings. The van der Waals surface area contributed by atoms with Crippen molar-refractivity contribution in [2.24, 2.45) is 0 Å². The number of fused-ring (bicyclic) bond motifs is 3. The molecule has 4 heteroatoms. The number of hydrogen-bond acceptors (Lipinski definition) is 3. The first-order valence-corrected chi connectivity index (χ1v) is 7.96. The van der Waals surface area contributed by atoms with Crippen LogP contribution in [0, 0.1) is 13.8 Å². The fourth-order valence-electron chi connectivity index (χ4n) is 3.37. The summed E-state index contributed by atoms with van der Waals surface area (Å²) < 4.78 is 5.43. The van der Waals surface area contributed by atoms with Crippen LogP contribution in [-0.4, -0.2) is 5.91 Å². The maximum absolute atomic E-state index is 12.4. The van der Waals surface area contributed by atoms with Gasteiger partial charge in [0.1, 0.15) is 11.5 Å². The van der Waals surface area contributed by atoms with Gasteiger partial charge in [0.2, 0.25) is 0 Å². The van der Waals surface area contributed by atoms with Crippen molar-refractivity contribution in [2.75, 3.05) is 0 Å². The van der Waals surface area contributed by atoms with Gasteiger partial charge >= 0.3 is 0 Å². The van der Waals surface area contributed by atoms with E-state index in [2.05, 4.69) is 35.1 Å². The number of hydrogen-bond donors (Lipinski definition) is 2. The molecular formula is C20H18N2O2. The smallest absolute Gasteiger partial charge is 0.268 e. The summed E-state index contributed by atoms with van der Waals surface area (Å²) in [4.78, 5) is 12.4. The van der Waals surface area contributed by atoms with E-state index >= 15 is 0 Å². The Morgan fingerprint density at radius 3 is 2.08 bits per heavy atom. The summed E-state index contributed by atoms with van der Waals surface area (Å²) in [5.41, 5.74) is 11.3. The van der Waals surface area contributed by atoms with Crippen LogP contribution in [0.25, 0.3) is 11.1 Å². The molecule has 0 atom stereocenters. The van der Waals surface area contributed by atoms with Crippen molar-refractivity contribution in [2.45, 2.75) is 19.9 Å². The summed E-state index contributed by atoms with van der Waals surface area (Å²) >= 11 is 0. The third kappa shape index (κ3) is 2.32. The number of rotatable bonds is 3. The summed E-state index contributed by atoms with van der Waals surface area (Å²) in [7, 11) is 0. The van der Waals surface area contributed by atoms with E-state index in [-0.39, 0.29) is 11.9 Å². The van der Waals surface area contributed by atoms with Gasteiger partial charge in [0, 0.05) is 0 Å². The lowest BCUT2D eigenvalue weighted by Crippen LogP contribution is -2.39. The largest absolute Gasteiger partial charge is 0.466 e. The van der Waals surface area contributed by atoms with Crippen LogP contribution in [0.5, 0.6) is 0 Å². The van der Waals surface area contributed by atoms with Gasteiger partial charge in [-0.15, -0.1) is 0 Å². The number of aryl methyl sites for hydroxylation is 2. The van der Waals surface area contributed by atoms with E-state index in [1.165, 1.54) is 22.3 Å². The quantitative estimate of drug-likeness (QED) is 0.720. The molecule has 1 aromatic heterocycles. The Labute approximate surface area is 140 Å². The van der Waals surface area contributed by atoms with Crippen LogP contribution < -0.4 is 10.9 Å². The summed E-state index contributed by atoms with van der Waals surface area (Å²) in [6, 6.07) is 18.2. The lowest BCUT2D eigenvalue weighted by molar-refractivity contribution is 0.0927. The third-order valence-electron chi connectivity index (χ3n) is 4.45. The molecule has 0 bridgehead atoms. The zero-order chi connectivity index (χ0) is 16.7. The normalized spacial score (nSPS) is 12.8. The number of benzene rings is 2. The number of nitrogens with one attached hydrogen (secondary N) is 2. The Morgan fingerprint density at radius 1 is 0.958 bits per heavy atom. The molecule has 4 rings (SSSR count). The monoisotopic (exact) mass is 318 g/mol. The number of amides is 1. The van der Waals surface area contributed by atoms with Crippen molar-refractivity contribution in [3.05, 3.63) is 82.8 Å². The van der Waals surface area contributed by atoms with Crippen molar-refractivity contribution in [3.63, 3.8) is 0 Å². The molecule has 3 aromatic rings. The second-order valence-electron chi connectivity index (χ2n) is 6.03. The highest BCUT2D eigenvalue weighted by molar-refractivity contribution is 5.95. The lowest BCUT2D eigenvalue weighted by atomic mass is 10.1. The van der Waals surface area contributed by atoms with Crippen LogP contribution in [0.2, 0.25) is 0 Å². The molecule has 2 aromatic carbocycles. The van der Waals surface area contributed by atoms with E-state index in [0.717, 1.165) is 5.76 Å². The van der Waals surface area contributed by atoms with Gasteiger partial charge < -0.3 is 4.42 Å². The Balaban J connectivity index is 1.61. The number of hydrazine groups is 1. The maximum atomic E-state index is 12.4. The molecule has 1 amide bonds. The first-order valence-electron chi connectivity index (χ1n) is 7.96. The minimum absolute atomic E-state index is 0.0605. The Morgan fingerprint density at radius 2 is 1.54 bits per heavy atom. The molecule has 2 N–H and O–H groups in total. The molecule has 120 valence electrons. The second kappa shape index (κ2) is 5.65. The predicted octanol–water partition coefficient (Wildman–Crippen LogP) is 3.90. The highest BCUT2D eigenvalue weighted by Crippen LogP contribution is 2.42. The van der Waals surface area contributed by atoms with Crippen LogP contribution in [0.15, 0.2) is 59.0 Å². The molecule has 1 heterocycles. The van der Waals surface area contributed by atoms with Gasteiger partial charge in [0.05, 0.1) is 11.6 Å². The minimum Gasteiger partial charge on any atom is -0.466 e. The van der Waals surface area contributed by atoms with Crippen molar-refractivity contribution in [1.82, 2.24) is 10.9 Å². The van der Waals surface area contributed by atoms with Crippen molar-refractivity contribution < 1.29 is 9.21 Å². The van der Waals surface area contributed by atoms with E-state index in [0.29, 0.717) is 11.3 Å². The third-order valence-corrected chi connectivity index (χ3v) is 4.45. The van der Waals surface area contributed by atoms with Crippen LogP contribution in [0.3, 0.4) is 0 Å². The highest BCUT2D eigenvalue weighted by Gasteiger charge is 2.28. The van der Waals surface area contributed by atoms with Crippen LogP contribution in [0.4, 0.5) is 0 Å². The summed E-state index contributed by atoms with van der Waals surface area (Å²) in [6.45, 7) is 3.63. The number of carbonyl (C=O) groups is 1. The summed E-state index contributed by atoms with van der Waals surface area (Å²) in [5, 5.41) is 0. The molecule has 1 aliphatic carbocycles. The van der Waals surface area contributed by atoms with Gasteiger partial charge in [-0.2, -0.15) is 0 Å². The van der Waals surface area contributed by atoms with Gasteiger partial charge in [-0.3, -0.25) is 10.2 Å². The van der Waals surface area contributed by atoms with Gasteiger partial charge in [-0.25, -0.2) is 5.43 Å². The Hall–Kier alpha value is -2.85. The zero-order valence-corrected chi connectivity index (χ0v) is 13.6. The lowest BCUT2D eigenvalue weighted by Gasteiger charge is -2.16. The average Bonchev–Trinajstić information content (AvgIpc) is 3.10. The van der Waals surface area contributed by atoms with Gasteiger partial charge in [-0.1, -0.05) is 48.5 Å². The summed E-state index contributed by atoms with van der Waals surface area (Å²) in [6.07, 6.45) is 0. The van der Waals surface area contributed by atoms with Crippen molar-refractivity contribution >= 4 is 5.91 Å². The average molecular weight is 318 g/mol. The van der Waals surface area contributed by atoms with E-state index in [1.54, 1.807) is 13.0 Å². The molecule has 1 aliphatic rings. The van der Waals surface area contributed by atoms with E-state index in [9.17, 15) is 4.79 Å². The molecule has 0 saturated carbocycles.